The summed E-state index contributed by atoms with van der Waals surface area (Å²) in [6.45, 7) is 5.77. The number of nitrogens with two attached hydrogens (primary N) is 1. The zero-order valence-corrected chi connectivity index (χ0v) is 9.67. The average molecular weight is 198 g/mol. The molecule has 0 aromatic heterocycles. The molecule has 0 bridgehead atoms. The number of nitrogens with zero attached hydrogens (tertiary/aromatic N) is 1. The molecule has 2 N–H and O–H groups in total. The van der Waals surface area contributed by atoms with Crippen molar-refractivity contribution < 1.29 is 0 Å². The fraction of sp³-hybridized carbons (Fsp3) is 1.00. The van der Waals surface area contributed by atoms with Gasteiger partial charge in [-0.2, -0.15) is 0 Å². The first-order valence-corrected chi connectivity index (χ1v) is 6.32. The van der Waals surface area contributed by atoms with Crippen LogP contribution in [0.4, 0.5) is 0 Å². The molecule has 1 rings (SSSR count). The van der Waals surface area contributed by atoms with Crippen LogP contribution in [0, 0.1) is 0 Å². The van der Waals surface area contributed by atoms with E-state index in [9.17, 15) is 0 Å². The number of hydrogen-bond donors (Lipinski definition) is 1. The smallest absolute Gasteiger partial charge is 0.00964 e. The van der Waals surface area contributed by atoms with Gasteiger partial charge in [-0.15, -0.1) is 0 Å². The van der Waals surface area contributed by atoms with Gasteiger partial charge in [-0.05, 0) is 51.7 Å². The highest BCUT2D eigenvalue weighted by molar-refractivity contribution is 4.84. The molecule has 1 aliphatic rings. The number of hydrogen-bond acceptors (Lipinski definition) is 2. The standard InChI is InChI=1S/C12H26N2/c1-2-10-14(12-7-8-12)11-6-4-3-5-9-13/h12H,2-11,13H2,1H3. The zero-order valence-electron chi connectivity index (χ0n) is 9.67. The van der Waals surface area contributed by atoms with Gasteiger partial charge in [0.2, 0.25) is 0 Å². The predicted molar refractivity (Wildman–Crippen MR) is 62.4 cm³/mol. The molecule has 0 aliphatic heterocycles. The van der Waals surface area contributed by atoms with Gasteiger partial charge < -0.3 is 10.6 Å². The summed E-state index contributed by atoms with van der Waals surface area (Å²) in [5.41, 5.74) is 5.47. The summed E-state index contributed by atoms with van der Waals surface area (Å²) in [5.74, 6) is 0. The van der Waals surface area contributed by atoms with Crippen molar-refractivity contribution in [2.24, 2.45) is 5.73 Å². The van der Waals surface area contributed by atoms with Crippen LogP contribution in [0.15, 0.2) is 0 Å². The molecule has 1 aliphatic carbocycles. The monoisotopic (exact) mass is 198 g/mol. The molecule has 1 fully saturated rings. The quantitative estimate of drug-likeness (QED) is 0.576. The lowest BCUT2D eigenvalue weighted by Gasteiger charge is -2.20. The normalized spacial score (nSPS) is 16.5. The Hall–Kier alpha value is -0.0800. The predicted octanol–water partition coefficient (Wildman–Crippen LogP) is 2.38. The summed E-state index contributed by atoms with van der Waals surface area (Å²) < 4.78 is 0. The van der Waals surface area contributed by atoms with Gasteiger partial charge in [0.1, 0.15) is 0 Å². The molecule has 0 amide bonds. The van der Waals surface area contributed by atoms with Gasteiger partial charge >= 0.3 is 0 Å². The van der Waals surface area contributed by atoms with E-state index in [0.717, 1.165) is 12.6 Å². The first-order chi connectivity index (χ1) is 6.88. The van der Waals surface area contributed by atoms with Crippen LogP contribution in [0.1, 0.15) is 51.9 Å². The highest BCUT2D eigenvalue weighted by atomic mass is 15.2. The molecule has 0 radical (unpaired) electrons. The Kier molecular flexibility index (Phi) is 6.20. The van der Waals surface area contributed by atoms with E-state index >= 15 is 0 Å². The molecule has 84 valence electrons. The van der Waals surface area contributed by atoms with Crippen LogP contribution in [0.3, 0.4) is 0 Å². The summed E-state index contributed by atoms with van der Waals surface area (Å²) in [7, 11) is 0. The highest BCUT2D eigenvalue weighted by Gasteiger charge is 2.27. The van der Waals surface area contributed by atoms with Gasteiger partial charge in [0.05, 0.1) is 0 Å². The summed E-state index contributed by atoms with van der Waals surface area (Å²) in [6, 6.07) is 0.949. The molecule has 0 spiro atoms. The Balaban J connectivity index is 1.96. The van der Waals surface area contributed by atoms with E-state index in [0.29, 0.717) is 0 Å². The summed E-state index contributed by atoms with van der Waals surface area (Å²) in [4.78, 5) is 2.68. The Bertz CT molecular complexity index is 132. The molecule has 0 aromatic rings. The lowest BCUT2D eigenvalue weighted by molar-refractivity contribution is 0.257. The second-order valence-electron chi connectivity index (χ2n) is 4.47. The van der Waals surface area contributed by atoms with Crippen LogP contribution in [0.5, 0.6) is 0 Å². The largest absolute Gasteiger partial charge is 0.330 e. The molecule has 0 atom stereocenters. The number of unbranched alkanes of at least 4 members (excludes halogenated alkanes) is 3. The van der Waals surface area contributed by atoms with E-state index in [2.05, 4.69) is 11.8 Å². The second-order valence-corrected chi connectivity index (χ2v) is 4.47. The third-order valence-corrected chi connectivity index (χ3v) is 2.97. The van der Waals surface area contributed by atoms with Gasteiger partial charge in [0.25, 0.3) is 0 Å². The van der Waals surface area contributed by atoms with E-state index in [1.165, 1.54) is 58.0 Å². The summed E-state index contributed by atoms with van der Waals surface area (Å²) >= 11 is 0. The minimum Gasteiger partial charge on any atom is -0.330 e. The maximum absolute atomic E-state index is 5.47. The highest BCUT2D eigenvalue weighted by Crippen LogP contribution is 2.27. The Morgan fingerprint density at radius 3 is 2.36 bits per heavy atom. The van der Waals surface area contributed by atoms with Crippen molar-refractivity contribution >= 4 is 0 Å². The Morgan fingerprint density at radius 1 is 1.07 bits per heavy atom. The molecule has 1 saturated carbocycles. The van der Waals surface area contributed by atoms with Crippen LogP contribution >= 0.6 is 0 Å². The number of rotatable bonds is 9. The van der Waals surface area contributed by atoms with Crippen molar-refractivity contribution in [1.82, 2.24) is 4.90 Å². The molecule has 2 heteroatoms. The molecular formula is C12H26N2. The molecular weight excluding hydrogens is 172 g/mol. The van der Waals surface area contributed by atoms with Crippen molar-refractivity contribution in [2.45, 2.75) is 57.9 Å². The third kappa shape index (κ3) is 4.97. The van der Waals surface area contributed by atoms with Gasteiger partial charge in [0, 0.05) is 6.04 Å². The van der Waals surface area contributed by atoms with E-state index in [1.807, 2.05) is 0 Å². The van der Waals surface area contributed by atoms with Crippen molar-refractivity contribution in [1.29, 1.82) is 0 Å². The first-order valence-electron chi connectivity index (χ1n) is 6.32. The van der Waals surface area contributed by atoms with Gasteiger partial charge in [-0.25, -0.2) is 0 Å². The average Bonchev–Trinajstić information content (AvgIpc) is 2.99. The van der Waals surface area contributed by atoms with Gasteiger partial charge in [-0.3, -0.25) is 0 Å². The maximum Gasteiger partial charge on any atom is 0.00964 e. The van der Waals surface area contributed by atoms with Crippen molar-refractivity contribution in [3.05, 3.63) is 0 Å². The van der Waals surface area contributed by atoms with E-state index in [4.69, 9.17) is 5.73 Å². The third-order valence-electron chi connectivity index (χ3n) is 2.97. The maximum atomic E-state index is 5.47. The fourth-order valence-electron chi connectivity index (χ4n) is 2.02. The lowest BCUT2D eigenvalue weighted by atomic mass is 10.2. The lowest BCUT2D eigenvalue weighted by Crippen LogP contribution is -2.27. The summed E-state index contributed by atoms with van der Waals surface area (Å²) in [6.07, 6.45) is 9.46. The Morgan fingerprint density at radius 2 is 1.79 bits per heavy atom. The van der Waals surface area contributed by atoms with Crippen molar-refractivity contribution in [2.75, 3.05) is 19.6 Å². The van der Waals surface area contributed by atoms with E-state index < -0.39 is 0 Å². The zero-order chi connectivity index (χ0) is 10.2. The Labute approximate surface area is 88.8 Å². The molecule has 0 aromatic carbocycles. The minimum atomic E-state index is 0.862. The molecule has 0 unspecified atom stereocenters. The van der Waals surface area contributed by atoms with Crippen molar-refractivity contribution in [3.63, 3.8) is 0 Å². The van der Waals surface area contributed by atoms with Crippen LogP contribution in [-0.2, 0) is 0 Å². The van der Waals surface area contributed by atoms with Crippen LogP contribution < -0.4 is 5.73 Å². The van der Waals surface area contributed by atoms with Crippen LogP contribution in [0.25, 0.3) is 0 Å². The topological polar surface area (TPSA) is 29.3 Å². The minimum absolute atomic E-state index is 0.862. The van der Waals surface area contributed by atoms with E-state index in [1.54, 1.807) is 0 Å². The van der Waals surface area contributed by atoms with Gasteiger partial charge in [-0.1, -0.05) is 19.8 Å². The van der Waals surface area contributed by atoms with Crippen LogP contribution in [-0.4, -0.2) is 30.6 Å². The molecule has 14 heavy (non-hydrogen) atoms. The fourth-order valence-corrected chi connectivity index (χ4v) is 2.02. The van der Waals surface area contributed by atoms with Crippen LogP contribution in [0.2, 0.25) is 0 Å². The first kappa shape index (κ1) is 12.0. The molecule has 2 nitrogen and oxygen atoms in total. The SMILES string of the molecule is CCCN(CCCCCCN)C1CC1. The van der Waals surface area contributed by atoms with E-state index in [-0.39, 0.29) is 0 Å². The van der Waals surface area contributed by atoms with Gasteiger partial charge in [0.15, 0.2) is 0 Å². The second kappa shape index (κ2) is 7.24. The molecule has 0 heterocycles. The molecule has 0 saturated heterocycles. The summed E-state index contributed by atoms with van der Waals surface area (Å²) in [5, 5.41) is 0. The van der Waals surface area contributed by atoms with Crippen molar-refractivity contribution in [3.8, 4) is 0 Å².